The van der Waals surface area contributed by atoms with Crippen LogP contribution < -0.4 is 9.64 Å². The summed E-state index contributed by atoms with van der Waals surface area (Å²) in [6.07, 6.45) is 8.41. The van der Waals surface area contributed by atoms with E-state index >= 15 is 8.78 Å². The van der Waals surface area contributed by atoms with Crippen LogP contribution in [0, 0.1) is 22.5 Å². The first kappa shape index (κ1) is 24.3. The maximum Gasteiger partial charge on any atom is 0.216 e. The van der Waals surface area contributed by atoms with E-state index in [0.29, 0.717) is 22.7 Å². The van der Waals surface area contributed by atoms with Crippen LogP contribution in [0.25, 0.3) is 22.5 Å². The number of phenols is 1. The van der Waals surface area contributed by atoms with E-state index in [1.807, 2.05) is 7.05 Å². The number of nitrogens with zero attached hydrogens (tertiary/aromatic N) is 5. The number of anilines is 1. The number of phenolic OH excluding ortho intramolecular Hbond substituents is 1. The molecule has 190 valence electrons. The Morgan fingerprint density at radius 1 is 1.00 bits per heavy atom. The number of aromatic hydroxyl groups is 1. The largest absolute Gasteiger partial charge is 0.507 e. The van der Waals surface area contributed by atoms with Gasteiger partial charge in [0.25, 0.3) is 0 Å². The number of hydrogen-bond donors (Lipinski definition) is 1. The van der Waals surface area contributed by atoms with E-state index in [9.17, 15) is 5.11 Å². The third-order valence-corrected chi connectivity index (χ3v) is 8.00. The number of hydrogen-bond acceptors (Lipinski definition) is 7. The third-order valence-electron chi connectivity index (χ3n) is 8.00. The van der Waals surface area contributed by atoms with Gasteiger partial charge >= 0.3 is 0 Å². The summed E-state index contributed by atoms with van der Waals surface area (Å²) in [5.74, 6) is -1.97. The quantitative estimate of drug-likeness (QED) is 0.480. The minimum atomic E-state index is -1.22. The van der Waals surface area contributed by atoms with Crippen molar-refractivity contribution in [2.24, 2.45) is 10.8 Å². The maximum absolute atomic E-state index is 15.2. The Kier molecular flexibility index (Phi) is 6.04. The smallest absolute Gasteiger partial charge is 0.216 e. The average Bonchev–Trinajstić information content (AvgIpc) is 2.85. The first-order valence-electron chi connectivity index (χ1n) is 12.3. The van der Waals surface area contributed by atoms with Gasteiger partial charge in [0.05, 0.1) is 24.1 Å². The van der Waals surface area contributed by atoms with Crippen molar-refractivity contribution < 1.29 is 18.6 Å². The predicted octanol–water partition coefficient (Wildman–Crippen LogP) is 5.78. The van der Waals surface area contributed by atoms with Crippen LogP contribution in [0.15, 0.2) is 30.6 Å². The van der Waals surface area contributed by atoms with Crippen molar-refractivity contribution in [1.29, 1.82) is 0 Å². The van der Waals surface area contributed by atoms with Gasteiger partial charge in [0, 0.05) is 24.7 Å². The van der Waals surface area contributed by atoms with Gasteiger partial charge < -0.3 is 14.7 Å². The van der Waals surface area contributed by atoms with Gasteiger partial charge in [0.1, 0.15) is 12.1 Å². The highest BCUT2D eigenvalue weighted by atomic mass is 19.2. The summed E-state index contributed by atoms with van der Waals surface area (Å²) in [5.41, 5.74) is 0.253. The van der Waals surface area contributed by atoms with E-state index in [2.05, 4.69) is 38.9 Å². The fourth-order valence-electron chi connectivity index (χ4n) is 6.46. The summed E-state index contributed by atoms with van der Waals surface area (Å²) in [7, 11) is 3.43. The van der Waals surface area contributed by atoms with Crippen molar-refractivity contribution in [3.63, 3.8) is 0 Å². The third kappa shape index (κ3) is 4.35. The van der Waals surface area contributed by atoms with Gasteiger partial charge in [-0.15, -0.1) is 10.2 Å². The van der Waals surface area contributed by atoms with E-state index in [-0.39, 0.29) is 28.4 Å². The first-order valence-corrected chi connectivity index (χ1v) is 12.3. The zero-order chi connectivity index (χ0) is 25.7. The van der Waals surface area contributed by atoms with E-state index in [0.717, 1.165) is 18.9 Å². The number of benzene rings is 1. The molecule has 0 saturated heterocycles. The maximum atomic E-state index is 15.2. The van der Waals surface area contributed by atoms with Gasteiger partial charge in [0.15, 0.2) is 17.5 Å². The van der Waals surface area contributed by atoms with E-state index in [1.54, 1.807) is 12.1 Å². The molecule has 2 aliphatic carbocycles. The normalized spacial score (nSPS) is 25.4. The van der Waals surface area contributed by atoms with Crippen molar-refractivity contribution >= 4 is 5.82 Å². The molecular weight excluding hydrogens is 464 g/mol. The van der Waals surface area contributed by atoms with Crippen LogP contribution in [0.2, 0.25) is 0 Å². The molecule has 0 radical (unpaired) electrons. The predicted molar refractivity (Wildman–Crippen MR) is 133 cm³/mol. The molecule has 1 N–H and O–H groups in total. The number of rotatable bonds is 5. The number of methoxy groups -OCH3 is 1. The summed E-state index contributed by atoms with van der Waals surface area (Å²) in [4.78, 5) is 9.99. The summed E-state index contributed by atoms with van der Waals surface area (Å²) in [6.45, 7) is 4.78. The lowest BCUT2D eigenvalue weighted by molar-refractivity contribution is 0.0141. The first-order chi connectivity index (χ1) is 17.1. The standard InChI is InChI=1S/C27H31F2N5O2/c1-26-8-5-9-27(2,14-26)13-16(12-26)34(3)21-7-6-18(32-33-21)23-20(35)10-17(24(28)25(23)29)19-11-22(36-4)31-15-30-19/h6-7,10-11,15-16,35H,5,8-9,12-14H2,1-4H3/t16-,26-,27+. The second kappa shape index (κ2) is 8.94. The fourth-order valence-corrected chi connectivity index (χ4v) is 6.46. The van der Waals surface area contributed by atoms with E-state index in [4.69, 9.17) is 4.74 Å². The molecule has 0 spiro atoms. The molecule has 0 aliphatic heterocycles. The van der Waals surface area contributed by atoms with Crippen LogP contribution in [0.1, 0.15) is 52.4 Å². The molecule has 0 unspecified atom stereocenters. The van der Waals surface area contributed by atoms with E-state index in [1.165, 1.54) is 45.2 Å². The molecule has 2 heterocycles. The molecule has 2 aromatic heterocycles. The topological polar surface area (TPSA) is 84.3 Å². The summed E-state index contributed by atoms with van der Waals surface area (Å²) >= 11 is 0. The molecule has 3 atom stereocenters. The van der Waals surface area contributed by atoms with Crippen molar-refractivity contribution in [1.82, 2.24) is 20.2 Å². The molecule has 3 aromatic rings. The van der Waals surface area contributed by atoms with Crippen molar-refractivity contribution in [3.8, 4) is 34.1 Å². The monoisotopic (exact) mass is 495 g/mol. The van der Waals surface area contributed by atoms with Crippen LogP contribution in [-0.2, 0) is 0 Å². The lowest BCUT2D eigenvalue weighted by atomic mass is 9.55. The Bertz CT molecular complexity index is 1270. The van der Waals surface area contributed by atoms with Crippen LogP contribution >= 0.6 is 0 Å². The van der Waals surface area contributed by atoms with Gasteiger partial charge in [-0.25, -0.2) is 18.7 Å². The van der Waals surface area contributed by atoms with E-state index < -0.39 is 17.4 Å². The van der Waals surface area contributed by atoms with Crippen LogP contribution in [0.5, 0.6) is 11.6 Å². The van der Waals surface area contributed by atoms with Crippen molar-refractivity contribution in [2.45, 2.75) is 58.4 Å². The fraction of sp³-hybridized carbons (Fsp3) is 0.481. The van der Waals surface area contributed by atoms with Crippen LogP contribution in [-0.4, -0.2) is 45.5 Å². The second-order valence-electron chi connectivity index (χ2n) is 11.0. The van der Waals surface area contributed by atoms with Gasteiger partial charge in [-0.2, -0.15) is 0 Å². The molecule has 5 rings (SSSR count). The molecule has 36 heavy (non-hydrogen) atoms. The molecule has 2 saturated carbocycles. The highest BCUT2D eigenvalue weighted by Crippen LogP contribution is 2.56. The molecule has 0 amide bonds. The number of aromatic nitrogens is 4. The number of ether oxygens (including phenoxy) is 1. The highest BCUT2D eigenvalue weighted by molar-refractivity contribution is 5.74. The summed E-state index contributed by atoms with van der Waals surface area (Å²) in [5, 5.41) is 19.1. The summed E-state index contributed by atoms with van der Waals surface area (Å²) < 4.78 is 35.2. The van der Waals surface area contributed by atoms with Gasteiger partial charge in [-0.05, 0) is 61.1 Å². The average molecular weight is 496 g/mol. The number of fused-ring (bicyclic) bond motifs is 2. The lowest BCUT2D eigenvalue weighted by Crippen LogP contribution is -2.49. The molecule has 7 nitrogen and oxygen atoms in total. The molecule has 9 heteroatoms. The second-order valence-corrected chi connectivity index (χ2v) is 11.0. The Balaban J connectivity index is 1.42. The van der Waals surface area contributed by atoms with Gasteiger partial charge in [0.2, 0.25) is 5.88 Å². The SMILES string of the molecule is COc1cc(-c2cc(O)c(-c3ccc(N(C)[C@H]4C[C@]5(C)CCC[C@](C)(C4)C5)nn3)c(F)c2F)ncn1. The minimum absolute atomic E-state index is 0.0484. The molecule has 1 aromatic carbocycles. The molecule has 2 aliphatic rings. The molecular formula is C27H31F2N5O2. The number of halogens is 2. The molecule has 2 fully saturated rings. The van der Waals surface area contributed by atoms with Crippen LogP contribution in [0.4, 0.5) is 14.6 Å². The van der Waals surface area contributed by atoms with Crippen LogP contribution in [0.3, 0.4) is 0 Å². The highest BCUT2D eigenvalue weighted by Gasteiger charge is 2.47. The Hall–Kier alpha value is -3.36. The Morgan fingerprint density at radius 2 is 1.72 bits per heavy atom. The van der Waals surface area contributed by atoms with Gasteiger partial charge in [-0.3, -0.25) is 0 Å². The van der Waals surface area contributed by atoms with Gasteiger partial charge in [-0.1, -0.05) is 20.3 Å². The zero-order valence-corrected chi connectivity index (χ0v) is 21.1. The minimum Gasteiger partial charge on any atom is -0.507 e. The Labute approximate surface area is 209 Å². The van der Waals surface area contributed by atoms with Crippen molar-refractivity contribution in [2.75, 3.05) is 19.1 Å². The lowest BCUT2D eigenvalue weighted by Gasteiger charge is -2.54. The van der Waals surface area contributed by atoms with Crippen molar-refractivity contribution in [3.05, 3.63) is 42.2 Å². The molecule has 2 bridgehead atoms. The summed E-state index contributed by atoms with van der Waals surface area (Å²) in [6, 6.07) is 6.14. The zero-order valence-electron chi connectivity index (χ0n) is 21.1. The Morgan fingerprint density at radius 3 is 2.36 bits per heavy atom.